The van der Waals surface area contributed by atoms with E-state index >= 15 is 0 Å². The number of hydrogen-bond donors (Lipinski definition) is 2. The Morgan fingerprint density at radius 1 is 1.33 bits per heavy atom. The Labute approximate surface area is 160 Å². The SMILES string of the molecule is CN=C(NCC1CCN(S(C)(=O)=O)CC1)NC(C)c1cc2ccccc2o1. The van der Waals surface area contributed by atoms with Gasteiger partial charge in [0.15, 0.2) is 5.96 Å². The molecule has 0 aliphatic carbocycles. The van der Waals surface area contributed by atoms with Crippen molar-refractivity contribution in [2.45, 2.75) is 25.8 Å². The van der Waals surface area contributed by atoms with Crippen molar-refractivity contribution in [2.75, 3.05) is 32.9 Å². The summed E-state index contributed by atoms with van der Waals surface area (Å²) in [6.45, 7) is 3.98. The summed E-state index contributed by atoms with van der Waals surface area (Å²) in [5.41, 5.74) is 0.877. The smallest absolute Gasteiger partial charge is 0.211 e. The molecule has 1 aromatic carbocycles. The zero-order valence-electron chi connectivity index (χ0n) is 16.1. The maximum Gasteiger partial charge on any atom is 0.211 e. The molecule has 0 bridgehead atoms. The first-order valence-corrected chi connectivity index (χ1v) is 11.1. The number of nitrogens with zero attached hydrogens (tertiary/aromatic N) is 2. The fourth-order valence-corrected chi connectivity index (χ4v) is 4.25. The average Bonchev–Trinajstić information content (AvgIpc) is 3.09. The number of piperidine rings is 1. The Hall–Kier alpha value is -2.06. The predicted octanol–water partition coefficient (Wildman–Crippen LogP) is 2.33. The van der Waals surface area contributed by atoms with Gasteiger partial charge < -0.3 is 15.1 Å². The highest BCUT2D eigenvalue weighted by Gasteiger charge is 2.25. The van der Waals surface area contributed by atoms with E-state index in [9.17, 15) is 8.42 Å². The van der Waals surface area contributed by atoms with Crippen LogP contribution in [0, 0.1) is 5.92 Å². The van der Waals surface area contributed by atoms with Crippen molar-refractivity contribution < 1.29 is 12.8 Å². The van der Waals surface area contributed by atoms with Gasteiger partial charge >= 0.3 is 0 Å². The third-order valence-electron chi connectivity index (χ3n) is 5.05. The van der Waals surface area contributed by atoms with Crippen molar-refractivity contribution in [1.82, 2.24) is 14.9 Å². The lowest BCUT2D eigenvalue weighted by atomic mass is 9.98. The van der Waals surface area contributed by atoms with E-state index < -0.39 is 10.0 Å². The van der Waals surface area contributed by atoms with Gasteiger partial charge in [-0.05, 0) is 37.8 Å². The van der Waals surface area contributed by atoms with Gasteiger partial charge in [-0.1, -0.05) is 18.2 Å². The van der Waals surface area contributed by atoms with E-state index in [2.05, 4.69) is 15.6 Å². The van der Waals surface area contributed by atoms with Gasteiger partial charge in [0, 0.05) is 32.1 Å². The van der Waals surface area contributed by atoms with Crippen LogP contribution in [-0.4, -0.2) is 51.6 Å². The van der Waals surface area contributed by atoms with Crippen molar-refractivity contribution in [3.8, 4) is 0 Å². The summed E-state index contributed by atoms with van der Waals surface area (Å²) in [5.74, 6) is 2.01. The van der Waals surface area contributed by atoms with E-state index in [1.807, 2.05) is 37.3 Å². The van der Waals surface area contributed by atoms with Gasteiger partial charge in [-0.3, -0.25) is 4.99 Å². The number of aliphatic imine (C=N–C) groups is 1. The summed E-state index contributed by atoms with van der Waals surface area (Å²) >= 11 is 0. The molecule has 1 fully saturated rings. The molecule has 7 nitrogen and oxygen atoms in total. The van der Waals surface area contributed by atoms with Crippen LogP contribution < -0.4 is 10.6 Å². The van der Waals surface area contributed by atoms with Crippen molar-refractivity contribution in [3.05, 3.63) is 36.1 Å². The van der Waals surface area contributed by atoms with E-state index in [4.69, 9.17) is 4.42 Å². The first-order chi connectivity index (χ1) is 12.9. The standard InChI is InChI=1S/C19H28N4O3S/c1-14(18-12-16-6-4-5-7-17(16)26-18)22-19(20-2)21-13-15-8-10-23(11-9-15)27(3,24)25/h4-7,12,14-15H,8-11,13H2,1-3H3,(H2,20,21,22). The van der Waals surface area contributed by atoms with Crippen LogP contribution in [0.25, 0.3) is 11.0 Å². The molecule has 2 aromatic rings. The number of nitrogens with one attached hydrogen (secondary N) is 2. The van der Waals surface area contributed by atoms with Crippen LogP contribution in [0.4, 0.5) is 0 Å². The van der Waals surface area contributed by atoms with Crippen LogP contribution in [-0.2, 0) is 10.0 Å². The molecule has 1 aliphatic heterocycles. The Morgan fingerprint density at radius 3 is 2.67 bits per heavy atom. The minimum atomic E-state index is -3.08. The Bertz CT molecular complexity index is 866. The molecule has 2 heterocycles. The highest BCUT2D eigenvalue weighted by atomic mass is 32.2. The molecule has 27 heavy (non-hydrogen) atoms. The molecule has 8 heteroatoms. The molecule has 1 aliphatic rings. The van der Waals surface area contributed by atoms with Crippen LogP contribution >= 0.6 is 0 Å². The molecule has 1 saturated heterocycles. The fraction of sp³-hybridized carbons (Fsp3) is 0.526. The normalized spacial score (nSPS) is 18.6. The third kappa shape index (κ3) is 5.01. The number of rotatable bonds is 5. The molecular formula is C19H28N4O3S. The van der Waals surface area contributed by atoms with Crippen molar-refractivity contribution in [2.24, 2.45) is 10.9 Å². The lowest BCUT2D eigenvalue weighted by Crippen LogP contribution is -2.44. The third-order valence-corrected chi connectivity index (χ3v) is 6.35. The van der Waals surface area contributed by atoms with Crippen LogP contribution in [0.1, 0.15) is 31.6 Å². The summed E-state index contributed by atoms with van der Waals surface area (Å²) in [7, 11) is -1.33. The molecule has 0 saturated carbocycles. The van der Waals surface area contributed by atoms with E-state index in [-0.39, 0.29) is 6.04 Å². The highest BCUT2D eigenvalue weighted by Crippen LogP contribution is 2.23. The molecule has 1 unspecified atom stereocenters. The molecule has 1 atom stereocenters. The summed E-state index contributed by atoms with van der Waals surface area (Å²) in [5, 5.41) is 7.80. The van der Waals surface area contributed by atoms with E-state index in [0.717, 1.165) is 36.1 Å². The summed E-state index contributed by atoms with van der Waals surface area (Å²) in [6, 6.07) is 9.97. The largest absolute Gasteiger partial charge is 0.459 e. The first kappa shape index (κ1) is 19.7. The highest BCUT2D eigenvalue weighted by molar-refractivity contribution is 7.88. The summed E-state index contributed by atoms with van der Waals surface area (Å²) < 4.78 is 30.7. The number of furan rings is 1. The predicted molar refractivity (Wildman–Crippen MR) is 108 cm³/mol. The second-order valence-electron chi connectivity index (χ2n) is 7.11. The number of benzene rings is 1. The maximum atomic E-state index is 11.6. The second kappa shape index (κ2) is 8.31. The number of guanidine groups is 1. The Morgan fingerprint density at radius 2 is 2.04 bits per heavy atom. The molecular weight excluding hydrogens is 364 g/mol. The van der Waals surface area contributed by atoms with Crippen LogP contribution in [0.2, 0.25) is 0 Å². The van der Waals surface area contributed by atoms with E-state index in [0.29, 0.717) is 25.0 Å². The quantitative estimate of drug-likeness (QED) is 0.602. The lowest BCUT2D eigenvalue weighted by Gasteiger charge is -2.30. The topological polar surface area (TPSA) is 86.9 Å². The van der Waals surface area contributed by atoms with Crippen molar-refractivity contribution in [1.29, 1.82) is 0 Å². The minimum Gasteiger partial charge on any atom is -0.459 e. The van der Waals surface area contributed by atoms with Crippen molar-refractivity contribution in [3.63, 3.8) is 0 Å². The lowest BCUT2D eigenvalue weighted by molar-refractivity contribution is 0.274. The Kier molecular flexibility index (Phi) is 6.06. The van der Waals surface area contributed by atoms with Gasteiger partial charge in [-0.25, -0.2) is 12.7 Å². The monoisotopic (exact) mass is 392 g/mol. The minimum absolute atomic E-state index is 0.0179. The molecule has 2 N–H and O–H groups in total. The molecule has 0 spiro atoms. The molecule has 0 amide bonds. The second-order valence-corrected chi connectivity index (χ2v) is 9.09. The van der Waals surface area contributed by atoms with Gasteiger partial charge in [0.05, 0.1) is 12.3 Å². The van der Waals surface area contributed by atoms with E-state index in [1.165, 1.54) is 6.26 Å². The first-order valence-electron chi connectivity index (χ1n) is 9.27. The zero-order chi connectivity index (χ0) is 19.4. The number of para-hydroxylation sites is 1. The van der Waals surface area contributed by atoms with Gasteiger partial charge in [0.1, 0.15) is 11.3 Å². The molecule has 3 rings (SSSR count). The van der Waals surface area contributed by atoms with Crippen LogP contribution in [0.15, 0.2) is 39.7 Å². The van der Waals surface area contributed by atoms with Crippen LogP contribution in [0.3, 0.4) is 0 Å². The van der Waals surface area contributed by atoms with Gasteiger partial charge in [-0.15, -0.1) is 0 Å². The van der Waals surface area contributed by atoms with E-state index in [1.54, 1.807) is 11.4 Å². The Balaban J connectivity index is 1.51. The maximum absolute atomic E-state index is 11.6. The number of hydrogen-bond acceptors (Lipinski definition) is 4. The number of sulfonamides is 1. The molecule has 0 radical (unpaired) electrons. The number of fused-ring (bicyclic) bond motifs is 1. The average molecular weight is 393 g/mol. The van der Waals surface area contributed by atoms with Gasteiger partial charge in [0.2, 0.25) is 10.0 Å². The zero-order valence-corrected chi connectivity index (χ0v) is 16.9. The molecule has 148 valence electrons. The van der Waals surface area contributed by atoms with Crippen LogP contribution in [0.5, 0.6) is 0 Å². The summed E-state index contributed by atoms with van der Waals surface area (Å²) in [4.78, 5) is 4.29. The van der Waals surface area contributed by atoms with Gasteiger partial charge in [0.25, 0.3) is 0 Å². The van der Waals surface area contributed by atoms with Gasteiger partial charge in [-0.2, -0.15) is 0 Å². The summed E-state index contributed by atoms with van der Waals surface area (Å²) in [6.07, 6.45) is 2.99. The fourth-order valence-electron chi connectivity index (χ4n) is 3.37. The molecule has 1 aromatic heterocycles. The van der Waals surface area contributed by atoms with Crippen molar-refractivity contribution >= 4 is 27.0 Å².